The van der Waals surface area contributed by atoms with Crippen LogP contribution in [-0.2, 0) is 0 Å². The topological polar surface area (TPSA) is 32.5 Å². The summed E-state index contributed by atoms with van der Waals surface area (Å²) in [5.41, 5.74) is 6.41. The molecule has 0 spiro atoms. The third-order valence-corrected chi connectivity index (χ3v) is 4.93. The zero-order valence-electron chi connectivity index (χ0n) is 11.8. The highest BCUT2D eigenvalue weighted by Gasteiger charge is 2.43. The molecule has 1 atom stereocenters. The molecule has 2 rings (SSSR count). The van der Waals surface area contributed by atoms with Crippen LogP contribution in [0.2, 0.25) is 0 Å². The van der Waals surface area contributed by atoms with E-state index in [-0.39, 0.29) is 5.54 Å². The van der Waals surface area contributed by atoms with Crippen LogP contribution in [0.15, 0.2) is 0 Å². The van der Waals surface area contributed by atoms with Gasteiger partial charge in [-0.1, -0.05) is 6.92 Å². The minimum atomic E-state index is 0.282. The van der Waals surface area contributed by atoms with Crippen LogP contribution in [-0.4, -0.2) is 54.1 Å². The van der Waals surface area contributed by atoms with Gasteiger partial charge in [0.05, 0.1) is 0 Å². The van der Waals surface area contributed by atoms with Crippen molar-refractivity contribution in [3.63, 3.8) is 0 Å². The molecule has 2 fully saturated rings. The zero-order valence-corrected chi connectivity index (χ0v) is 11.8. The van der Waals surface area contributed by atoms with E-state index < -0.39 is 0 Å². The molecule has 0 aromatic rings. The van der Waals surface area contributed by atoms with E-state index in [9.17, 15) is 0 Å². The van der Waals surface area contributed by atoms with E-state index in [1.807, 2.05) is 0 Å². The first kappa shape index (κ1) is 13.3. The van der Waals surface area contributed by atoms with Gasteiger partial charge < -0.3 is 5.73 Å². The number of hydrogen-bond acceptors (Lipinski definition) is 3. The van der Waals surface area contributed by atoms with E-state index >= 15 is 0 Å². The fourth-order valence-corrected chi connectivity index (χ4v) is 3.37. The Hall–Kier alpha value is -0.120. The number of nitrogens with two attached hydrogens (primary N) is 1. The van der Waals surface area contributed by atoms with Crippen LogP contribution < -0.4 is 5.73 Å². The molecule has 0 aromatic carbocycles. The average Bonchev–Trinajstić information content (AvgIpc) is 2.76. The van der Waals surface area contributed by atoms with Crippen LogP contribution in [0.3, 0.4) is 0 Å². The maximum Gasteiger partial charge on any atom is 0.0470 e. The van der Waals surface area contributed by atoms with Gasteiger partial charge in [0.2, 0.25) is 0 Å². The Morgan fingerprint density at radius 2 is 1.88 bits per heavy atom. The van der Waals surface area contributed by atoms with Crippen molar-refractivity contribution in [1.82, 2.24) is 9.80 Å². The number of likely N-dealkylation sites (tertiary alicyclic amines) is 2. The van der Waals surface area contributed by atoms with Crippen LogP contribution in [0, 0.1) is 5.92 Å². The van der Waals surface area contributed by atoms with Gasteiger partial charge in [-0.15, -0.1) is 0 Å². The standard InChI is InChI=1S/C14H29N3/c1-12(2)16-9-6-14(10-15,11-16)17-7-4-13(3)5-8-17/h12-13H,4-11,15H2,1-3H3. The summed E-state index contributed by atoms with van der Waals surface area (Å²) in [6.07, 6.45) is 3.96. The van der Waals surface area contributed by atoms with Gasteiger partial charge >= 0.3 is 0 Å². The maximum atomic E-state index is 6.13. The van der Waals surface area contributed by atoms with Crippen LogP contribution in [0.1, 0.15) is 40.0 Å². The molecular formula is C14H29N3. The van der Waals surface area contributed by atoms with E-state index in [0.717, 1.165) is 12.5 Å². The predicted octanol–water partition coefficient (Wildman–Crippen LogP) is 1.53. The first-order valence-electron chi connectivity index (χ1n) is 7.26. The Labute approximate surface area is 106 Å². The molecule has 1 unspecified atom stereocenters. The lowest BCUT2D eigenvalue weighted by Gasteiger charge is -2.44. The maximum absolute atomic E-state index is 6.13. The number of rotatable bonds is 3. The summed E-state index contributed by atoms with van der Waals surface area (Å²) in [7, 11) is 0. The summed E-state index contributed by atoms with van der Waals surface area (Å²) >= 11 is 0. The first-order valence-corrected chi connectivity index (χ1v) is 7.26. The van der Waals surface area contributed by atoms with Crippen molar-refractivity contribution in [1.29, 1.82) is 0 Å². The van der Waals surface area contributed by atoms with Gasteiger partial charge in [-0.2, -0.15) is 0 Å². The third kappa shape index (κ3) is 2.67. The number of piperidine rings is 1. The molecular weight excluding hydrogens is 210 g/mol. The van der Waals surface area contributed by atoms with Crippen molar-refractivity contribution in [2.24, 2.45) is 11.7 Å². The average molecular weight is 239 g/mol. The molecule has 2 saturated heterocycles. The fraction of sp³-hybridized carbons (Fsp3) is 1.00. The minimum Gasteiger partial charge on any atom is -0.329 e. The number of nitrogens with zero attached hydrogens (tertiary/aromatic N) is 2. The van der Waals surface area contributed by atoms with Crippen LogP contribution in [0.4, 0.5) is 0 Å². The molecule has 2 aliphatic heterocycles. The Bertz CT molecular complexity index is 246. The summed E-state index contributed by atoms with van der Waals surface area (Å²) in [6.45, 7) is 12.7. The van der Waals surface area contributed by atoms with Gasteiger partial charge in [-0.3, -0.25) is 9.80 Å². The van der Waals surface area contributed by atoms with Gasteiger partial charge in [-0.05, 0) is 52.1 Å². The molecule has 3 nitrogen and oxygen atoms in total. The first-order chi connectivity index (χ1) is 8.07. The Kier molecular flexibility index (Phi) is 4.11. The van der Waals surface area contributed by atoms with E-state index in [1.54, 1.807) is 0 Å². The molecule has 3 heteroatoms. The van der Waals surface area contributed by atoms with Gasteiger partial charge in [0, 0.05) is 31.2 Å². The van der Waals surface area contributed by atoms with Crippen LogP contribution >= 0.6 is 0 Å². The summed E-state index contributed by atoms with van der Waals surface area (Å²) in [5.74, 6) is 0.906. The molecule has 2 aliphatic rings. The van der Waals surface area contributed by atoms with Crippen LogP contribution in [0.5, 0.6) is 0 Å². The van der Waals surface area contributed by atoms with Gasteiger partial charge in [0.1, 0.15) is 0 Å². The molecule has 0 amide bonds. The predicted molar refractivity (Wildman–Crippen MR) is 73.1 cm³/mol. The molecule has 17 heavy (non-hydrogen) atoms. The molecule has 2 N–H and O–H groups in total. The van der Waals surface area contributed by atoms with Gasteiger partial charge in [0.25, 0.3) is 0 Å². The third-order valence-electron chi connectivity index (χ3n) is 4.93. The Morgan fingerprint density at radius 1 is 1.24 bits per heavy atom. The Morgan fingerprint density at radius 3 is 2.35 bits per heavy atom. The second kappa shape index (κ2) is 5.25. The molecule has 0 radical (unpaired) electrons. The molecule has 0 saturated carbocycles. The summed E-state index contributed by atoms with van der Waals surface area (Å²) in [5, 5.41) is 0. The molecule has 2 heterocycles. The lowest BCUT2D eigenvalue weighted by atomic mass is 9.90. The second-order valence-electron chi connectivity index (χ2n) is 6.41. The largest absolute Gasteiger partial charge is 0.329 e. The minimum absolute atomic E-state index is 0.282. The van der Waals surface area contributed by atoms with Crippen molar-refractivity contribution >= 4 is 0 Å². The summed E-state index contributed by atoms with van der Waals surface area (Å²) in [6, 6.07) is 0.659. The zero-order chi connectivity index (χ0) is 12.5. The summed E-state index contributed by atoms with van der Waals surface area (Å²) < 4.78 is 0. The molecule has 0 aromatic heterocycles. The summed E-state index contributed by atoms with van der Waals surface area (Å²) in [4.78, 5) is 5.28. The highest BCUT2D eigenvalue weighted by molar-refractivity contribution is 5.01. The quantitative estimate of drug-likeness (QED) is 0.811. The van der Waals surface area contributed by atoms with Crippen molar-refractivity contribution in [3.05, 3.63) is 0 Å². The Balaban J connectivity index is 2.01. The molecule has 100 valence electrons. The van der Waals surface area contributed by atoms with Crippen molar-refractivity contribution < 1.29 is 0 Å². The van der Waals surface area contributed by atoms with Gasteiger partial charge in [0.15, 0.2) is 0 Å². The highest BCUT2D eigenvalue weighted by atomic mass is 15.3. The SMILES string of the molecule is CC1CCN(C2(CN)CCN(C(C)C)C2)CC1. The monoisotopic (exact) mass is 239 g/mol. The van der Waals surface area contributed by atoms with Crippen molar-refractivity contribution in [2.75, 3.05) is 32.7 Å². The smallest absolute Gasteiger partial charge is 0.0470 e. The van der Waals surface area contributed by atoms with Crippen LogP contribution in [0.25, 0.3) is 0 Å². The van der Waals surface area contributed by atoms with E-state index in [0.29, 0.717) is 6.04 Å². The van der Waals surface area contributed by atoms with Gasteiger partial charge in [-0.25, -0.2) is 0 Å². The van der Waals surface area contributed by atoms with E-state index in [2.05, 4.69) is 30.6 Å². The fourth-order valence-electron chi connectivity index (χ4n) is 3.37. The number of hydrogen-bond donors (Lipinski definition) is 1. The molecule has 0 bridgehead atoms. The highest BCUT2D eigenvalue weighted by Crippen LogP contribution is 2.32. The van der Waals surface area contributed by atoms with E-state index in [1.165, 1.54) is 45.4 Å². The van der Waals surface area contributed by atoms with E-state index in [4.69, 9.17) is 5.73 Å². The molecule has 0 aliphatic carbocycles. The lowest BCUT2D eigenvalue weighted by molar-refractivity contribution is 0.0600. The van der Waals surface area contributed by atoms with Crippen molar-refractivity contribution in [2.45, 2.75) is 51.6 Å². The normalized spacial score (nSPS) is 33.7. The van der Waals surface area contributed by atoms with Crippen molar-refractivity contribution in [3.8, 4) is 0 Å². The lowest BCUT2D eigenvalue weighted by Crippen LogP contribution is -2.58. The second-order valence-corrected chi connectivity index (χ2v) is 6.41.